The first-order valence-corrected chi connectivity index (χ1v) is 5.24. The largest absolute Gasteiger partial charge is 0.477 e. The van der Waals surface area contributed by atoms with Crippen molar-refractivity contribution in [1.82, 2.24) is 4.98 Å². The van der Waals surface area contributed by atoms with Crippen LogP contribution in [0.4, 0.5) is 0 Å². The van der Waals surface area contributed by atoms with Gasteiger partial charge in [-0.15, -0.1) is 0 Å². The number of ether oxygens (including phenoxy) is 1. The van der Waals surface area contributed by atoms with Gasteiger partial charge in [-0.2, -0.15) is 0 Å². The fourth-order valence-electron chi connectivity index (χ4n) is 1.68. The van der Waals surface area contributed by atoms with E-state index in [1.807, 2.05) is 13.8 Å². The Kier molecular flexibility index (Phi) is 2.53. The van der Waals surface area contributed by atoms with Crippen molar-refractivity contribution in [2.75, 3.05) is 0 Å². The fourth-order valence-corrected chi connectivity index (χ4v) is 1.68. The molecule has 1 aliphatic rings. The molecule has 90 valence electrons. The highest BCUT2D eigenvalue weighted by molar-refractivity contribution is 5.86. The third-order valence-corrected chi connectivity index (χ3v) is 2.65. The van der Waals surface area contributed by atoms with Crippen molar-refractivity contribution in [1.29, 1.82) is 0 Å². The molecule has 1 fully saturated rings. The van der Waals surface area contributed by atoms with Crippen molar-refractivity contribution in [3.8, 4) is 0 Å². The number of aromatic amines is 1. The van der Waals surface area contributed by atoms with Crippen molar-refractivity contribution in [3.05, 3.63) is 29.3 Å². The van der Waals surface area contributed by atoms with Gasteiger partial charge in [0.15, 0.2) is 0 Å². The number of nitrogens with one attached hydrogen (secondary N) is 1. The first-order valence-electron chi connectivity index (χ1n) is 5.24. The number of carboxylic acid groups (broad SMARTS) is 1. The number of allylic oxidation sites excluding steroid dienone is 1. The van der Waals surface area contributed by atoms with Gasteiger partial charge in [-0.3, -0.25) is 4.79 Å². The highest BCUT2D eigenvalue weighted by atomic mass is 16.5. The number of esters is 1. The van der Waals surface area contributed by atoms with E-state index in [1.165, 1.54) is 6.07 Å². The van der Waals surface area contributed by atoms with Crippen molar-refractivity contribution >= 4 is 18.0 Å². The van der Waals surface area contributed by atoms with Gasteiger partial charge in [0.2, 0.25) is 0 Å². The van der Waals surface area contributed by atoms with E-state index < -0.39 is 11.4 Å². The Morgan fingerprint density at radius 1 is 1.53 bits per heavy atom. The zero-order valence-corrected chi connectivity index (χ0v) is 9.61. The second-order valence-electron chi connectivity index (χ2n) is 4.69. The van der Waals surface area contributed by atoms with E-state index in [9.17, 15) is 9.59 Å². The van der Waals surface area contributed by atoms with Gasteiger partial charge < -0.3 is 14.8 Å². The number of rotatable bonds is 2. The lowest BCUT2D eigenvalue weighted by molar-refractivity contribution is -0.142. The number of carboxylic acids is 1. The van der Waals surface area contributed by atoms with Gasteiger partial charge in [0.05, 0.1) is 5.41 Å². The Balaban J connectivity index is 2.20. The molecule has 0 aliphatic carbocycles. The lowest BCUT2D eigenvalue weighted by Gasteiger charge is -2.07. The van der Waals surface area contributed by atoms with Crippen molar-refractivity contribution in [3.63, 3.8) is 0 Å². The zero-order valence-electron chi connectivity index (χ0n) is 9.61. The Morgan fingerprint density at radius 3 is 2.71 bits per heavy atom. The number of carbonyl (C=O) groups excluding carboxylic acids is 1. The maximum atomic E-state index is 11.4. The Bertz CT molecular complexity index is 510. The summed E-state index contributed by atoms with van der Waals surface area (Å²) in [6, 6.07) is 3.10. The van der Waals surface area contributed by atoms with Crippen LogP contribution in [0.2, 0.25) is 0 Å². The number of hydrogen-bond acceptors (Lipinski definition) is 3. The van der Waals surface area contributed by atoms with Crippen molar-refractivity contribution < 1.29 is 19.4 Å². The highest BCUT2D eigenvalue weighted by Crippen LogP contribution is 2.35. The highest BCUT2D eigenvalue weighted by Gasteiger charge is 2.38. The number of hydrogen-bond donors (Lipinski definition) is 2. The average Bonchev–Trinajstić information content (AvgIpc) is 2.73. The molecule has 0 bridgehead atoms. The van der Waals surface area contributed by atoms with Gasteiger partial charge in [0.25, 0.3) is 0 Å². The molecule has 0 amide bonds. The molecule has 2 rings (SSSR count). The van der Waals surface area contributed by atoms with Crippen LogP contribution in [0, 0.1) is 5.41 Å². The minimum Gasteiger partial charge on any atom is -0.477 e. The topological polar surface area (TPSA) is 79.4 Å². The molecule has 2 N–H and O–H groups in total. The number of H-pyrrole nitrogens is 1. The lowest BCUT2D eigenvalue weighted by Crippen LogP contribution is -2.16. The molecule has 1 aromatic heterocycles. The standard InChI is InChI=1S/C12H13NO4/c1-12(2)6-8(17-11(12)16)5-7-3-4-9(13-7)10(14)15/h3-5,13H,6H2,1-2H3,(H,14,15). The van der Waals surface area contributed by atoms with Crippen LogP contribution in [0.5, 0.6) is 0 Å². The number of aromatic carboxylic acids is 1. The second-order valence-corrected chi connectivity index (χ2v) is 4.69. The van der Waals surface area contributed by atoms with E-state index in [4.69, 9.17) is 9.84 Å². The summed E-state index contributed by atoms with van der Waals surface area (Å²) in [7, 11) is 0. The van der Waals surface area contributed by atoms with Crippen LogP contribution in [0.3, 0.4) is 0 Å². The SMILES string of the molecule is CC1(C)CC(=Cc2ccc(C(=O)O)[nH]2)OC1=O. The van der Waals surface area contributed by atoms with Crippen LogP contribution in [-0.4, -0.2) is 22.0 Å². The van der Waals surface area contributed by atoms with E-state index in [1.54, 1.807) is 12.1 Å². The zero-order chi connectivity index (χ0) is 12.6. The molecule has 2 heterocycles. The minimum absolute atomic E-state index is 0.112. The monoisotopic (exact) mass is 235 g/mol. The van der Waals surface area contributed by atoms with Gasteiger partial charge in [-0.25, -0.2) is 4.79 Å². The van der Waals surface area contributed by atoms with E-state index in [0.29, 0.717) is 17.9 Å². The van der Waals surface area contributed by atoms with E-state index in [-0.39, 0.29) is 11.7 Å². The molecule has 0 aromatic carbocycles. The maximum absolute atomic E-state index is 11.4. The summed E-state index contributed by atoms with van der Waals surface area (Å²) >= 11 is 0. The molecule has 0 spiro atoms. The van der Waals surface area contributed by atoms with Gasteiger partial charge in [-0.1, -0.05) is 0 Å². The Hall–Kier alpha value is -2.04. The average molecular weight is 235 g/mol. The number of carbonyl (C=O) groups is 2. The summed E-state index contributed by atoms with van der Waals surface area (Å²) in [4.78, 5) is 24.8. The Labute approximate surface area is 98.1 Å². The van der Waals surface area contributed by atoms with Crippen LogP contribution >= 0.6 is 0 Å². The van der Waals surface area contributed by atoms with E-state index in [0.717, 1.165) is 0 Å². The minimum atomic E-state index is -1.02. The summed E-state index contributed by atoms with van der Waals surface area (Å²) in [6.45, 7) is 3.63. The third kappa shape index (κ3) is 2.22. The van der Waals surface area contributed by atoms with Crippen molar-refractivity contribution in [2.45, 2.75) is 20.3 Å². The van der Waals surface area contributed by atoms with Gasteiger partial charge in [0.1, 0.15) is 11.5 Å². The molecule has 5 nitrogen and oxygen atoms in total. The third-order valence-electron chi connectivity index (χ3n) is 2.65. The first-order chi connectivity index (χ1) is 7.88. The molecule has 5 heteroatoms. The normalized spacial score (nSPS) is 20.6. The summed E-state index contributed by atoms with van der Waals surface area (Å²) in [5, 5.41) is 8.75. The molecular formula is C12H13NO4. The van der Waals surface area contributed by atoms with Crippen LogP contribution in [-0.2, 0) is 9.53 Å². The van der Waals surface area contributed by atoms with Crippen LogP contribution in [0.1, 0.15) is 36.5 Å². The molecular weight excluding hydrogens is 222 g/mol. The summed E-state index contributed by atoms with van der Waals surface area (Å²) in [6.07, 6.45) is 2.17. The molecule has 1 saturated heterocycles. The molecule has 1 aromatic rings. The van der Waals surface area contributed by atoms with Gasteiger partial charge in [0, 0.05) is 18.2 Å². The first kappa shape index (κ1) is 11.4. The van der Waals surface area contributed by atoms with Crippen LogP contribution < -0.4 is 0 Å². The molecule has 0 radical (unpaired) electrons. The van der Waals surface area contributed by atoms with E-state index in [2.05, 4.69) is 4.98 Å². The number of aromatic nitrogens is 1. The van der Waals surface area contributed by atoms with Gasteiger partial charge >= 0.3 is 11.9 Å². The lowest BCUT2D eigenvalue weighted by atomic mass is 9.91. The van der Waals surface area contributed by atoms with Crippen molar-refractivity contribution in [2.24, 2.45) is 5.41 Å². The molecule has 1 aliphatic heterocycles. The summed E-state index contributed by atoms with van der Waals surface area (Å²) in [5.74, 6) is -0.717. The van der Waals surface area contributed by atoms with Crippen LogP contribution in [0.15, 0.2) is 17.9 Å². The summed E-state index contributed by atoms with van der Waals surface area (Å²) < 4.78 is 5.11. The molecule has 0 saturated carbocycles. The fraction of sp³-hybridized carbons (Fsp3) is 0.333. The van der Waals surface area contributed by atoms with Crippen LogP contribution in [0.25, 0.3) is 6.08 Å². The van der Waals surface area contributed by atoms with E-state index >= 15 is 0 Å². The quantitative estimate of drug-likeness (QED) is 0.768. The Morgan fingerprint density at radius 2 is 2.24 bits per heavy atom. The molecule has 0 atom stereocenters. The molecule has 0 unspecified atom stereocenters. The number of cyclic esters (lactones) is 1. The molecule has 17 heavy (non-hydrogen) atoms. The predicted octanol–water partition coefficient (Wildman–Crippen LogP) is 2.03. The summed E-state index contributed by atoms with van der Waals surface area (Å²) in [5.41, 5.74) is 0.219. The van der Waals surface area contributed by atoms with Gasteiger partial charge in [-0.05, 0) is 26.0 Å². The smallest absolute Gasteiger partial charge is 0.352 e. The maximum Gasteiger partial charge on any atom is 0.352 e. The predicted molar refractivity (Wildman–Crippen MR) is 60.2 cm³/mol. The second kappa shape index (κ2) is 3.76.